The van der Waals surface area contributed by atoms with Gasteiger partial charge in [0.2, 0.25) is 0 Å². The Bertz CT molecular complexity index is 824. The largest absolute Gasteiger partial charge is 0.444 e. The fraction of sp³-hybridized carbons (Fsp3) is 0.957. The summed E-state index contributed by atoms with van der Waals surface area (Å²) in [6.45, 7) is 19.7. The summed E-state index contributed by atoms with van der Waals surface area (Å²) in [7, 11) is 0. The molecule has 314 valence electrons. The molecular formula is C46H92N3O4+. The van der Waals surface area contributed by atoms with E-state index in [0.717, 1.165) is 30.7 Å². The first kappa shape index (κ1) is 49.5. The monoisotopic (exact) mass is 751 g/mol. The normalized spacial score (nSPS) is 17.2. The molecule has 53 heavy (non-hydrogen) atoms. The van der Waals surface area contributed by atoms with Crippen LogP contribution in [0.4, 0.5) is 9.59 Å². The van der Waals surface area contributed by atoms with Gasteiger partial charge in [0.05, 0.1) is 13.1 Å². The van der Waals surface area contributed by atoms with Crippen molar-refractivity contribution in [3.05, 3.63) is 0 Å². The van der Waals surface area contributed by atoms with E-state index in [2.05, 4.69) is 24.5 Å². The van der Waals surface area contributed by atoms with Crippen LogP contribution in [0, 0.1) is 0 Å². The van der Waals surface area contributed by atoms with Gasteiger partial charge in [0.1, 0.15) is 36.4 Å². The minimum atomic E-state index is -0.578. The number of carbonyl (C=O) groups is 2. The van der Waals surface area contributed by atoms with Crippen LogP contribution >= 0.6 is 0 Å². The Labute approximate surface area is 330 Å². The van der Waals surface area contributed by atoms with Crippen LogP contribution in [0.5, 0.6) is 0 Å². The number of nitrogens with one attached hydrogen (secondary N) is 2. The van der Waals surface area contributed by atoms with Crippen LogP contribution in [0.3, 0.4) is 0 Å². The Morgan fingerprint density at radius 2 is 0.660 bits per heavy atom. The van der Waals surface area contributed by atoms with Gasteiger partial charge >= 0.3 is 12.2 Å². The molecule has 0 aromatic rings. The quantitative estimate of drug-likeness (QED) is 0.0530. The molecule has 1 rings (SSSR count). The number of alkyl carbamates (subject to hydrolysis) is 2. The number of rotatable bonds is 32. The Morgan fingerprint density at radius 1 is 0.434 bits per heavy atom. The van der Waals surface area contributed by atoms with E-state index in [1.807, 2.05) is 41.5 Å². The number of amides is 2. The minimum absolute atomic E-state index is 0.198. The number of likely N-dealkylation sites (tertiary alicyclic amines) is 1. The molecule has 1 aliphatic heterocycles. The first-order valence-corrected chi connectivity index (χ1v) is 23.1. The lowest BCUT2D eigenvalue weighted by atomic mass is 10.0. The molecule has 7 heteroatoms. The maximum absolute atomic E-state index is 13.0. The van der Waals surface area contributed by atoms with Gasteiger partial charge in [0.25, 0.3) is 0 Å². The van der Waals surface area contributed by atoms with E-state index in [-0.39, 0.29) is 12.1 Å². The van der Waals surface area contributed by atoms with E-state index in [0.29, 0.717) is 0 Å². The molecule has 7 nitrogen and oxygen atoms in total. The number of quaternary nitrogens is 1. The predicted molar refractivity (Wildman–Crippen MR) is 227 cm³/mol. The second-order valence-corrected chi connectivity index (χ2v) is 18.9. The molecule has 0 aliphatic carbocycles. The standard InChI is InChI=1S/C46H91N3O4/c1-9-11-13-15-17-19-21-23-25-27-29-31-33-35-37-49(38-36-34-32-30-28-26-24-22-20-18-16-14-12-10-2)39-41(47-43(50)52-45(3,4)5)42(40-49)48-44(51)53-46(6,7)8/h41-42H,9-40H2,1-8H3,(H-,47,48,50,51)/p+1/t41-,42-/m0/s1. The third-order valence-corrected chi connectivity index (χ3v) is 11.0. The van der Waals surface area contributed by atoms with Gasteiger partial charge < -0.3 is 24.6 Å². The number of hydrogen-bond donors (Lipinski definition) is 2. The molecule has 0 bridgehead atoms. The van der Waals surface area contributed by atoms with Crippen molar-refractivity contribution in [3.8, 4) is 0 Å². The topological polar surface area (TPSA) is 76.7 Å². The van der Waals surface area contributed by atoms with E-state index >= 15 is 0 Å². The average Bonchev–Trinajstić information content (AvgIpc) is 3.38. The molecule has 0 saturated carbocycles. The van der Waals surface area contributed by atoms with Crippen LogP contribution in [-0.2, 0) is 9.47 Å². The minimum Gasteiger partial charge on any atom is -0.444 e. The maximum Gasteiger partial charge on any atom is 0.408 e. The fourth-order valence-electron chi connectivity index (χ4n) is 8.13. The molecule has 0 aromatic heterocycles. The zero-order valence-corrected chi connectivity index (χ0v) is 36.9. The molecule has 0 radical (unpaired) electrons. The molecule has 0 unspecified atom stereocenters. The highest BCUT2D eigenvalue weighted by Gasteiger charge is 2.47. The van der Waals surface area contributed by atoms with Gasteiger partial charge in [-0.2, -0.15) is 0 Å². The van der Waals surface area contributed by atoms with Crippen molar-refractivity contribution in [1.82, 2.24) is 10.6 Å². The fourth-order valence-corrected chi connectivity index (χ4v) is 8.13. The van der Waals surface area contributed by atoms with Crippen molar-refractivity contribution in [2.24, 2.45) is 0 Å². The highest BCUT2D eigenvalue weighted by atomic mass is 16.6. The molecule has 2 amide bonds. The third kappa shape index (κ3) is 28.6. The third-order valence-electron chi connectivity index (χ3n) is 11.0. The number of carbonyl (C=O) groups excluding carboxylic acids is 2. The molecule has 2 atom stereocenters. The highest BCUT2D eigenvalue weighted by Crippen LogP contribution is 2.26. The van der Waals surface area contributed by atoms with Crippen molar-refractivity contribution in [2.45, 2.75) is 258 Å². The van der Waals surface area contributed by atoms with Crippen molar-refractivity contribution < 1.29 is 23.5 Å². The van der Waals surface area contributed by atoms with E-state index in [1.54, 1.807) is 0 Å². The SMILES string of the molecule is CCCCCCCCCCCCCCCC[N+]1(CCCCCCCCCCCCCCCC)C[C@H](NC(=O)OC(C)(C)C)[C@@H](NC(=O)OC(C)(C)C)C1. The van der Waals surface area contributed by atoms with Gasteiger partial charge in [0.15, 0.2) is 0 Å². The molecule has 1 saturated heterocycles. The Morgan fingerprint density at radius 3 is 0.887 bits per heavy atom. The molecule has 2 N–H and O–H groups in total. The van der Waals surface area contributed by atoms with Crippen molar-refractivity contribution in [3.63, 3.8) is 0 Å². The lowest BCUT2D eigenvalue weighted by Crippen LogP contribution is -2.52. The van der Waals surface area contributed by atoms with Gasteiger partial charge in [-0.15, -0.1) is 0 Å². The van der Waals surface area contributed by atoms with Crippen LogP contribution < -0.4 is 10.6 Å². The molecule has 1 aliphatic rings. The predicted octanol–water partition coefficient (Wildman–Crippen LogP) is 13.6. The first-order valence-electron chi connectivity index (χ1n) is 23.1. The zero-order chi connectivity index (χ0) is 39.3. The van der Waals surface area contributed by atoms with Crippen molar-refractivity contribution >= 4 is 12.2 Å². The molecule has 0 spiro atoms. The van der Waals surface area contributed by atoms with Crippen molar-refractivity contribution in [2.75, 3.05) is 26.2 Å². The summed E-state index contributed by atoms with van der Waals surface area (Å²) in [4.78, 5) is 26.0. The van der Waals surface area contributed by atoms with Gasteiger partial charge in [-0.25, -0.2) is 9.59 Å². The van der Waals surface area contributed by atoms with Crippen LogP contribution in [0.1, 0.15) is 235 Å². The maximum atomic E-state index is 13.0. The summed E-state index contributed by atoms with van der Waals surface area (Å²) in [5.74, 6) is 0. The smallest absolute Gasteiger partial charge is 0.408 e. The molecular weight excluding hydrogens is 659 g/mol. The van der Waals surface area contributed by atoms with Crippen LogP contribution in [0.25, 0.3) is 0 Å². The molecule has 0 aromatic carbocycles. The lowest BCUT2D eigenvalue weighted by Gasteiger charge is -2.35. The summed E-state index contributed by atoms with van der Waals surface area (Å²) < 4.78 is 12.3. The summed E-state index contributed by atoms with van der Waals surface area (Å²) in [5, 5.41) is 6.33. The average molecular weight is 751 g/mol. The zero-order valence-electron chi connectivity index (χ0n) is 36.9. The number of ether oxygens (including phenoxy) is 2. The van der Waals surface area contributed by atoms with Gasteiger partial charge in [-0.05, 0) is 67.2 Å². The summed E-state index contributed by atoms with van der Waals surface area (Å²) in [6, 6.07) is -0.397. The Balaban J connectivity index is 2.66. The second-order valence-electron chi connectivity index (χ2n) is 18.9. The number of unbranched alkanes of at least 4 members (excludes halogenated alkanes) is 26. The van der Waals surface area contributed by atoms with Gasteiger partial charge in [0, 0.05) is 0 Å². The molecule has 1 heterocycles. The van der Waals surface area contributed by atoms with Crippen LogP contribution in [-0.4, -0.2) is 66.1 Å². The van der Waals surface area contributed by atoms with Gasteiger partial charge in [-0.3, -0.25) is 0 Å². The summed E-state index contributed by atoms with van der Waals surface area (Å²) in [5.41, 5.74) is -1.16. The van der Waals surface area contributed by atoms with E-state index in [4.69, 9.17) is 9.47 Å². The van der Waals surface area contributed by atoms with Gasteiger partial charge in [-0.1, -0.05) is 168 Å². The Hall–Kier alpha value is -1.50. The molecule has 1 fully saturated rings. The first-order chi connectivity index (χ1) is 25.3. The highest BCUT2D eigenvalue weighted by molar-refractivity contribution is 5.70. The van der Waals surface area contributed by atoms with E-state index < -0.39 is 23.4 Å². The summed E-state index contributed by atoms with van der Waals surface area (Å²) in [6.07, 6.45) is 37.2. The van der Waals surface area contributed by atoms with Crippen molar-refractivity contribution in [1.29, 1.82) is 0 Å². The Kier molecular flexibility index (Phi) is 27.8. The lowest BCUT2D eigenvalue weighted by molar-refractivity contribution is -0.918. The van der Waals surface area contributed by atoms with Crippen LogP contribution in [0.2, 0.25) is 0 Å². The van der Waals surface area contributed by atoms with Crippen LogP contribution in [0.15, 0.2) is 0 Å². The summed E-state index contributed by atoms with van der Waals surface area (Å²) >= 11 is 0. The number of hydrogen-bond acceptors (Lipinski definition) is 4. The van der Waals surface area contributed by atoms with E-state index in [9.17, 15) is 9.59 Å². The van der Waals surface area contributed by atoms with E-state index in [1.165, 1.54) is 180 Å². The second kappa shape index (κ2) is 29.7. The number of nitrogens with zero attached hydrogens (tertiary/aromatic N) is 1.